The second kappa shape index (κ2) is 7.85. The molecule has 1 N–H and O–H groups in total. The van der Waals surface area contributed by atoms with Gasteiger partial charge in [-0.05, 0) is 26.2 Å². The molecule has 0 rings (SSSR count). The third kappa shape index (κ3) is 7.54. The number of oxime groups is 1. The average Bonchev–Trinajstić information content (AvgIpc) is 2.15. The van der Waals surface area contributed by atoms with Crippen LogP contribution in [0.15, 0.2) is 5.16 Å². The Kier molecular flexibility index (Phi) is 7.65. The van der Waals surface area contributed by atoms with Gasteiger partial charge in [0.25, 0.3) is 0 Å². The summed E-state index contributed by atoms with van der Waals surface area (Å²) in [4.78, 5) is 0. The second-order valence-corrected chi connectivity index (χ2v) is 4.81. The van der Waals surface area contributed by atoms with E-state index in [1.54, 1.807) is 13.8 Å². The molecule has 90 valence electrons. The van der Waals surface area contributed by atoms with Crippen LogP contribution < -0.4 is 0 Å². The fourth-order valence-electron chi connectivity index (χ4n) is 0.723. The molecule has 15 heavy (non-hydrogen) atoms. The van der Waals surface area contributed by atoms with Gasteiger partial charge in [0, 0.05) is 0 Å². The molecular weight excluding hydrogens is 217 g/mol. The van der Waals surface area contributed by atoms with Gasteiger partial charge in [-0.1, -0.05) is 19.0 Å². The molecule has 0 aromatic rings. The van der Waals surface area contributed by atoms with Crippen LogP contribution in [0.5, 0.6) is 0 Å². The highest BCUT2D eigenvalue weighted by Crippen LogP contribution is 2.26. The molecule has 2 atom stereocenters. The quantitative estimate of drug-likeness (QED) is 0.320. The molecule has 0 aromatic heterocycles. The van der Waals surface area contributed by atoms with Gasteiger partial charge in [0.1, 0.15) is 6.10 Å². The monoisotopic (exact) mass is 237 g/mol. The summed E-state index contributed by atoms with van der Waals surface area (Å²) in [6.45, 7) is 7.80. The summed E-state index contributed by atoms with van der Waals surface area (Å²) >= 11 is 0. The van der Waals surface area contributed by atoms with E-state index in [1.807, 2.05) is 0 Å². The van der Waals surface area contributed by atoms with Crippen molar-refractivity contribution in [1.29, 1.82) is 0 Å². The van der Waals surface area contributed by atoms with Gasteiger partial charge < -0.3 is 14.3 Å². The van der Waals surface area contributed by atoms with Crippen LogP contribution in [0, 0.1) is 5.92 Å². The Bertz CT molecular complexity index is 230. The molecule has 0 fully saturated rings. The van der Waals surface area contributed by atoms with Crippen LogP contribution in [0.3, 0.4) is 0 Å². The zero-order valence-electron chi connectivity index (χ0n) is 9.69. The van der Waals surface area contributed by atoms with Crippen LogP contribution in [0.25, 0.3) is 0 Å². The Hall–Kier alpha value is -0.380. The Morgan fingerprint density at radius 3 is 2.53 bits per heavy atom. The first-order valence-electron chi connectivity index (χ1n) is 4.99. The van der Waals surface area contributed by atoms with Crippen LogP contribution in [0.4, 0.5) is 0 Å². The molecule has 0 amide bonds. The van der Waals surface area contributed by atoms with Gasteiger partial charge in [-0.15, -0.1) is 0 Å². The zero-order chi connectivity index (χ0) is 11.8. The summed E-state index contributed by atoms with van der Waals surface area (Å²) in [6, 6.07) is 0. The van der Waals surface area contributed by atoms with Crippen molar-refractivity contribution in [3.05, 3.63) is 0 Å². The summed E-state index contributed by atoms with van der Waals surface area (Å²) in [5, 5.41) is 11.4. The van der Waals surface area contributed by atoms with Crippen molar-refractivity contribution in [2.75, 3.05) is 6.61 Å². The maximum absolute atomic E-state index is 11.3. The molecule has 0 radical (unpaired) electrons. The van der Waals surface area contributed by atoms with Crippen molar-refractivity contribution in [1.82, 2.24) is 0 Å². The van der Waals surface area contributed by atoms with Crippen LogP contribution in [0.2, 0.25) is 0 Å². The number of nitrogens with zero attached hydrogens (tertiary/aromatic N) is 1. The molecule has 0 spiro atoms. The lowest BCUT2D eigenvalue weighted by Crippen LogP contribution is -2.14. The topological polar surface area (TPSA) is 68.1 Å². The zero-order valence-corrected chi connectivity index (χ0v) is 10.7. The molecule has 0 aromatic carbocycles. The van der Waals surface area contributed by atoms with E-state index < -0.39 is 14.4 Å². The molecule has 0 aliphatic rings. The van der Waals surface area contributed by atoms with Crippen molar-refractivity contribution in [3.8, 4) is 0 Å². The average molecular weight is 237 g/mol. The first kappa shape index (κ1) is 14.6. The van der Waals surface area contributed by atoms with E-state index >= 15 is 0 Å². The molecular formula is C9H20NO4P. The second-order valence-electron chi connectivity index (χ2n) is 3.78. The predicted molar refractivity (Wildman–Crippen MR) is 59.9 cm³/mol. The van der Waals surface area contributed by atoms with Crippen molar-refractivity contribution in [2.45, 2.75) is 40.2 Å². The molecule has 0 aliphatic heterocycles. The lowest BCUT2D eigenvalue weighted by Gasteiger charge is -2.11. The van der Waals surface area contributed by atoms with Gasteiger partial charge in [0.05, 0.1) is 12.3 Å². The number of rotatable bonds is 7. The van der Waals surface area contributed by atoms with Gasteiger partial charge in [0.2, 0.25) is 0 Å². The minimum atomic E-state index is -2.48. The van der Waals surface area contributed by atoms with Gasteiger partial charge >= 0.3 is 8.25 Å². The van der Waals surface area contributed by atoms with Crippen LogP contribution in [-0.2, 0) is 13.6 Å². The van der Waals surface area contributed by atoms with Gasteiger partial charge in [0.15, 0.2) is 0 Å². The summed E-state index contributed by atoms with van der Waals surface area (Å²) in [5.41, 5.74) is 0.376. The van der Waals surface area contributed by atoms with Gasteiger partial charge in [-0.3, -0.25) is 4.57 Å². The summed E-state index contributed by atoms with van der Waals surface area (Å²) in [5.74, 6) is 0.512. The van der Waals surface area contributed by atoms with Crippen LogP contribution in [-0.4, -0.2) is 23.6 Å². The van der Waals surface area contributed by atoms with E-state index in [0.29, 0.717) is 18.2 Å². The smallest absolute Gasteiger partial charge is 0.319 e. The fraction of sp³-hybridized carbons (Fsp3) is 0.889. The largest absolute Gasteiger partial charge is 0.411 e. The first-order valence-corrected chi connectivity index (χ1v) is 6.21. The normalized spacial score (nSPS) is 16.7. The standard InChI is InChI=1S/C9H20NO4P/c1-7(2)5-6-13-15(12)14-9(4)8(3)10-11/h7,9,11,15H,5-6H2,1-4H3. The SMILES string of the molecule is CC(=NO)C(C)O[PH](=O)OCCC(C)C. The van der Waals surface area contributed by atoms with E-state index in [1.165, 1.54) is 0 Å². The van der Waals surface area contributed by atoms with Gasteiger partial charge in [-0.25, -0.2) is 0 Å². The molecule has 0 aliphatic carbocycles. The van der Waals surface area contributed by atoms with E-state index in [2.05, 4.69) is 19.0 Å². The summed E-state index contributed by atoms with van der Waals surface area (Å²) in [7, 11) is -2.48. The predicted octanol–water partition coefficient (Wildman–Crippen LogP) is 2.69. The van der Waals surface area contributed by atoms with Crippen molar-refractivity contribution < 1.29 is 18.8 Å². The van der Waals surface area contributed by atoms with Crippen LogP contribution >= 0.6 is 8.25 Å². The lowest BCUT2D eigenvalue weighted by molar-refractivity contribution is 0.200. The first-order chi connectivity index (χ1) is 6.97. The summed E-state index contributed by atoms with van der Waals surface area (Å²) < 4.78 is 21.3. The van der Waals surface area contributed by atoms with E-state index in [9.17, 15) is 4.57 Å². The maximum Gasteiger partial charge on any atom is 0.319 e. The summed E-state index contributed by atoms with van der Waals surface area (Å²) in [6.07, 6.45) is 0.363. The lowest BCUT2D eigenvalue weighted by atomic mass is 10.2. The van der Waals surface area contributed by atoms with E-state index in [4.69, 9.17) is 14.3 Å². The van der Waals surface area contributed by atoms with Crippen molar-refractivity contribution in [2.24, 2.45) is 11.1 Å². The third-order valence-electron chi connectivity index (χ3n) is 1.93. The molecule has 0 bridgehead atoms. The molecule has 6 heteroatoms. The molecule has 2 unspecified atom stereocenters. The minimum Gasteiger partial charge on any atom is -0.411 e. The van der Waals surface area contributed by atoms with Crippen LogP contribution in [0.1, 0.15) is 34.1 Å². The number of hydrogen-bond acceptors (Lipinski definition) is 5. The Morgan fingerprint density at radius 1 is 1.47 bits per heavy atom. The van der Waals surface area contributed by atoms with E-state index in [-0.39, 0.29) is 0 Å². The van der Waals surface area contributed by atoms with Crippen molar-refractivity contribution in [3.63, 3.8) is 0 Å². The highest BCUT2D eigenvalue weighted by atomic mass is 31.1. The molecule has 0 saturated carbocycles. The maximum atomic E-state index is 11.3. The Labute approximate surface area is 91.4 Å². The molecule has 0 heterocycles. The van der Waals surface area contributed by atoms with Gasteiger partial charge in [-0.2, -0.15) is 0 Å². The fourth-order valence-corrected chi connectivity index (χ4v) is 1.53. The Balaban J connectivity index is 3.74. The van der Waals surface area contributed by atoms with E-state index in [0.717, 1.165) is 6.42 Å². The Morgan fingerprint density at radius 2 is 2.07 bits per heavy atom. The third-order valence-corrected chi connectivity index (χ3v) is 2.92. The highest BCUT2D eigenvalue weighted by molar-refractivity contribution is 7.33. The van der Waals surface area contributed by atoms with Crippen molar-refractivity contribution >= 4 is 14.0 Å². The molecule has 5 nitrogen and oxygen atoms in total. The minimum absolute atomic E-state index is 0.376. The molecule has 0 saturated heterocycles. The number of hydrogen-bond donors (Lipinski definition) is 1. The highest BCUT2D eigenvalue weighted by Gasteiger charge is 2.11.